The summed E-state index contributed by atoms with van der Waals surface area (Å²) < 4.78 is 10.6. The molecule has 0 aliphatic rings. The minimum Gasteiger partial charge on any atom is -0.466 e. The van der Waals surface area contributed by atoms with Gasteiger partial charge in [-0.05, 0) is 25.7 Å². The Balaban J connectivity index is 3.25. The molecule has 0 saturated heterocycles. The molecule has 184 valence electrons. The minimum atomic E-state index is -0.0465. The largest absolute Gasteiger partial charge is 0.466 e. The highest BCUT2D eigenvalue weighted by Gasteiger charge is 2.04. The van der Waals surface area contributed by atoms with Gasteiger partial charge in [0.15, 0.2) is 0 Å². The number of unbranched alkanes of at least 4 members (excludes halogenated alkanes) is 16. The van der Waals surface area contributed by atoms with Crippen LogP contribution >= 0.6 is 0 Å². The van der Waals surface area contributed by atoms with E-state index in [2.05, 4.69) is 13.8 Å². The second-order valence-corrected chi connectivity index (χ2v) is 8.95. The number of ether oxygens (including phenoxy) is 2. The van der Waals surface area contributed by atoms with Gasteiger partial charge >= 0.3 is 11.9 Å². The van der Waals surface area contributed by atoms with Crippen molar-refractivity contribution in [3.8, 4) is 0 Å². The van der Waals surface area contributed by atoms with Crippen molar-refractivity contribution in [2.75, 3.05) is 13.2 Å². The normalized spacial score (nSPS) is 10.9. The van der Waals surface area contributed by atoms with Crippen LogP contribution in [0, 0.1) is 0 Å². The van der Waals surface area contributed by atoms with Gasteiger partial charge in [-0.1, -0.05) is 110 Å². The van der Waals surface area contributed by atoms with E-state index in [0.717, 1.165) is 57.8 Å². The highest BCUT2D eigenvalue weighted by molar-refractivity contribution is 5.69. The molecule has 0 aromatic rings. The predicted octanol–water partition coefficient (Wildman–Crippen LogP) is 8.30. The SMILES string of the molecule is CCCCCCCCCCOC(=O)CCCCCCCCC(=O)OCCCCCCC. The zero-order chi connectivity index (χ0) is 22.8. The van der Waals surface area contributed by atoms with E-state index >= 15 is 0 Å². The molecule has 0 spiro atoms. The molecule has 0 aliphatic carbocycles. The molecule has 0 atom stereocenters. The van der Waals surface area contributed by atoms with Crippen molar-refractivity contribution in [1.29, 1.82) is 0 Å². The van der Waals surface area contributed by atoms with Gasteiger partial charge in [0.1, 0.15) is 0 Å². The Morgan fingerprint density at radius 1 is 0.419 bits per heavy atom. The molecule has 0 amide bonds. The molecule has 0 rings (SSSR count). The van der Waals surface area contributed by atoms with Crippen LogP contribution in [0.3, 0.4) is 0 Å². The molecule has 4 nitrogen and oxygen atoms in total. The Morgan fingerprint density at radius 3 is 1.06 bits per heavy atom. The Labute approximate surface area is 193 Å². The molecule has 0 radical (unpaired) electrons. The summed E-state index contributed by atoms with van der Waals surface area (Å²) in [5.74, 6) is -0.0879. The number of hydrogen-bond acceptors (Lipinski definition) is 4. The second kappa shape index (κ2) is 25.2. The Kier molecular flexibility index (Phi) is 24.3. The van der Waals surface area contributed by atoms with Crippen LogP contribution in [-0.2, 0) is 19.1 Å². The number of hydrogen-bond donors (Lipinski definition) is 0. The van der Waals surface area contributed by atoms with Crippen LogP contribution in [0.15, 0.2) is 0 Å². The predicted molar refractivity (Wildman–Crippen MR) is 130 cm³/mol. The van der Waals surface area contributed by atoms with E-state index in [9.17, 15) is 9.59 Å². The van der Waals surface area contributed by atoms with Gasteiger partial charge in [-0.25, -0.2) is 0 Å². The fourth-order valence-corrected chi connectivity index (χ4v) is 3.70. The molecule has 0 aromatic heterocycles. The summed E-state index contributed by atoms with van der Waals surface area (Å²) in [6.45, 7) is 5.61. The lowest BCUT2D eigenvalue weighted by atomic mass is 10.1. The Bertz CT molecular complexity index is 395. The summed E-state index contributed by atoms with van der Waals surface area (Å²) in [7, 11) is 0. The third kappa shape index (κ3) is 25.1. The summed E-state index contributed by atoms with van der Waals surface area (Å²) >= 11 is 0. The van der Waals surface area contributed by atoms with Crippen LogP contribution in [0.25, 0.3) is 0 Å². The molecule has 31 heavy (non-hydrogen) atoms. The van der Waals surface area contributed by atoms with Gasteiger partial charge in [0.2, 0.25) is 0 Å². The highest BCUT2D eigenvalue weighted by atomic mass is 16.5. The standard InChI is InChI=1S/C27H52O4/c1-3-5-7-9-10-13-17-21-25-31-27(29)23-19-15-12-11-14-18-22-26(28)30-24-20-16-8-6-4-2/h3-25H2,1-2H3. The number of carbonyl (C=O) groups excluding carboxylic acids is 2. The van der Waals surface area contributed by atoms with Gasteiger partial charge in [0.05, 0.1) is 13.2 Å². The van der Waals surface area contributed by atoms with Gasteiger partial charge < -0.3 is 9.47 Å². The van der Waals surface area contributed by atoms with Crippen molar-refractivity contribution in [2.45, 2.75) is 149 Å². The van der Waals surface area contributed by atoms with Crippen LogP contribution in [-0.4, -0.2) is 25.2 Å². The zero-order valence-corrected chi connectivity index (χ0v) is 20.9. The van der Waals surface area contributed by atoms with E-state index in [-0.39, 0.29) is 11.9 Å². The first-order valence-corrected chi connectivity index (χ1v) is 13.5. The average molecular weight is 441 g/mol. The van der Waals surface area contributed by atoms with Gasteiger partial charge in [-0.2, -0.15) is 0 Å². The maximum atomic E-state index is 11.7. The van der Waals surface area contributed by atoms with Crippen molar-refractivity contribution >= 4 is 11.9 Å². The molecule has 0 saturated carbocycles. The lowest BCUT2D eigenvalue weighted by molar-refractivity contribution is -0.144. The van der Waals surface area contributed by atoms with Gasteiger partial charge in [-0.15, -0.1) is 0 Å². The fourth-order valence-electron chi connectivity index (χ4n) is 3.70. The van der Waals surface area contributed by atoms with Crippen LogP contribution in [0.5, 0.6) is 0 Å². The van der Waals surface area contributed by atoms with E-state index in [0.29, 0.717) is 26.1 Å². The third-order valence-electron chi connectivity index (χ3n) is 5.78. The van der Waals surface area contributed by atoms with E-state index in [4.69, 9.17) is 9.47 Å². The van der Waals surface area contributed by atoms with Crippen molar-refractivity contribution in [3.05, 3.63) is 0 Å². The highest BCUT2D eigenvalue weighted by Crippen LogP contribution is 2.11. The Hall–Kier alpha value is -1.06. The molecular formula is C27H52O4. The minimum absolute atomic E-state index is 0.0413. The van der Waals surface area contributed by atoms with E-state index in [1.165, 1.54) is 64.2 Å². The molecule has 0 unspecified atom stereocenters. The average Bonchev–Trinajstić information content (AvgIpc) is 2.76. The zero-order valence-electron chi connectivity index (χ0n) is 20.9. The number of esters is 2. The van der Waals surface area contributed by atoms with Gasteiger partial charge in [0.25, 0.3) is 0 Å². The second-order valence-electron chi connectivity index (χ2n) is 8.95. The lowest BCUT2D eigenvalue weighted by Gasteiger charge is -2.06. The fraction of sp³-hybridized carbons (Fsp3) is 0.926. The first-order valence-electron chi connectivity index (χ1n) is 13.5. The summed E-state index contributed by atoms with van der Waals surface area (Å²) in [5.41, 5.74) is 0. The van der Waals surface area contributed by atoms with Crippen LogP contribution in [0.2, 0.25) is 0 Å². The molecule has 0 bridgehead atoms. The lowest BCUT2D eigenvalue weighted by Crippen LogP contribution is -2.06. The van der Waals surface area contributed by atoms with E-state index in [1.807, 2.05) is 0 Å². The summed E-state index contributed by atoms with van der Waals surface area (Å²) in [5, 5.41) is 0. The maximum Gasteiger partial charge on any atom is 0.305 e. The topological polar surface area (TPSA) is 52.6 Å². The molecule has 0 fully saturated rings. The van der Waals surface area contributed by atoms with E-state index < -0.39 is 0 Å². The first-order chi connectivity index (χ1) is 15.2. The van der Waals surface area contributed by atoms with Crippen LogP contribution < -0.4 is 0 Å². The summed E-state index contributed by atoms with van der Waals surface area (Å²) in [6, 6.07) is 0. The molecule has 0 aromatic carbocycles. The molecule has 0 N–H and O–H groups in total. The number of rotatable bonds is 24. The van der Waals surface area contributed by atoms with Crippen LogP contribution in [0.4, 0.5) is 0 Å². The van der Waals surface area contributed by atoms with Gasteiger partial charge in [0, 0.05) is 12.8 Å². The summed E-state index contributed by atoms with van der Waals surface area (Å²) in [6.07, 6.45) is 23.3. The van der Waals surface area contributed by atoms with Crippen LogP contribution in [0.1, 0.15) is 149 Å². The summed E-state index contributed by atoms with van der Waals surface area (Å²) in [4.78, 5) is 23.4. The molecule has 0 aliphatic heterocycles. The van der Waals surface area contributed by atoms with Crippen molar-refractivity contribution in [2.24, 2.45) is 0 Å². The number of carbonyl (C=O) groups is 2. The monoisotopic (exact) mass is 440 g/mol. The third-order valence-corrected chi connectivity index (χ3v) is 5.78. The smallest absolute Gasteiger partial charge is 0.305 e. The quantitative estimate of drug-likeness (QED) is 0.112. The van der Waals surface area contributed by atoms with Gasteiger partial charge in [-0.3, -0.25) is 9.59 Å². The molecule has 0 heterocycles. The molecular weight excluding hydrogens is 388 g/mol. The Morgan fingerprint density at radius 2 is 0.710 bits per heavy atom. The van der Waals surface area contributed by atoms with Crippen molar-refractivity contribution in [1.82, 2.24) is 0 Å². The van der Waals surface area contributed by atoms with Crippen molar-refractivity contribution in [3.63, 3.8) is 0 Å². The maximum absolute atomic E-state index is 11.7. The van der Waals surface area contributed by atoms with Crippen molar-refractivity contribution < 1.29 is 19.1 Å². The van der Waals surface area contributed by atoms with E-state index in [1.54, 1.807) is 0 Å². The first kappa shape index (κ1) is 29.9. The molecule has 4 heteroatoms.